The molecule has 1 aliphatic heterocycles. The predicted molar refractivity (Wildman–Crippen MR) is 64.1 cm³/mol. The smallest absolute Gasteiger partial charge is 0.359 e. The van der Waals surface area contributed by atoms with E-state index in [9.17, 15) is 14.1 Å². The Morgan fingerprint density at radius 1 is 1.65 bits per heavy atom. The maximum absolute atomic E-state index is 11.6. The lowest BCUT2D eigenvalue weighted by Crippen LogP contribution is -2.35. The predicted octanol–water partition coefficient (Wildman–Crippen LogP) is 0.113. The van der Waals surface area contributed by atoms with Crippen LogP contribution in [0.1, 0.15) is 12.8 Å². The van der Waals surface area contributed by atoms with Crippen LogP contribution in [0, 0.1) is 0 Å². The Bertz CT molecular complexity index is 517. The Labute approximate surface area is 98.6 Å². The number of nitrogens with zero attached hydrogens (tertiary/aromatic N) is 2. The summed E-state index contributed by atoms with van der Waals surface area (Å²) in [4.78, 5) is 26.2. The number of aromatic nitrogens is 2. The molecular weight excluding hydrogens is 246 g/mol. The summed E-state index contributed by atoms with van der Waals surface area (Å²) in [6.45, 7) is 0. The lowest BCUT2D eigenvalue weighted by molar-refractivity contribution is -0.136. The fourth-order valence-electron chi connectivity index (χ4n) is 1.98. The number of carboxylic acid groups (broad SMARTS) is 1. The molecule has 1 fully saturated rings. The van der Waals surface area contributed by atoms with Gasteiger partial charge < -0.3 is 15.4 Å². The zero-order chi connectivity index (χ0) is 12.6. The molecule has 1 aromatic rings. The number of rotatable bonds is 2. The topological polar surface area (TPSA) is 118 Å². The third kappa shape index (κ3) is 1.89. The molecule has 0 radical (unpaired) electrons. The number of anilines is 1. The summed E-state index contributed by atoms with van der Waals surface area (Å²) >= 11 is 0. The van der Waals surface area contributed by atoms with E-state index in [2.05, 4.69) is 4.98 Å². The normalized spacial score (nSPS) is 31.9. The molecule has 17 heavy (non-hydrogen) atoms. The van der Waals surface area contributed by atoms with Crippen LogP contribution in [0.2, 0.25) is 0 Å². The highest BCUT2D eigenvalue weighted by atomic mass is 32.3. The van der Waals surface area contributed by atoms with E-state index in [1.165, 1.54) is 12.3 Å². The van der Waals surface area contributed by atoms with E-state index in [0.717, 1.165) is 3.97 Å². The first-order valence-electron chi connectivity index (χ1n) is 5.06. The van der Waals surface area contributed by atoms with Crippen molar-refractivity contribution < 1.29 is 14.5 Å². The summed E-state index contributed by atoms with van der Waals surface area (Å²) in [6, 6.07) is 1.38. The summed E-state index contributed by atoms with van der Waals surface area (Å²) < 4.78 is 11.5. The van der Waals surface area contributed by atoms with E-state index in [1.54, 1.807) is 0 Å². The van der Waals surface area contributed by atoms with Gasteiger partial charge in [0.05, 0.1) is 0 Å². The van der Waals surface area contributed by atoms with Crippen LogP contribution in [-0.4, -0.2) is 35.6 Å². The third-order valence-electron chi connectivity index (χ3n) is 2.78. The molecule has 2 unspecified atom stereocenters. The number of aliphatic carboxylic acids is 1. The second-order valence-corrected chi connectivity index (χ2v) is 6.66. The number of nitrogens with two attached hydrogens (primary N) is 1. The largest absolute Gasteiger partial charge is 0.480 e. The van der Waals surface area contributed by atoms with Gasteiger partial charge in [0.2, 0.25) is 0 Å². The van der Waals surface area contributed by atoms with Crippen LogP contribution >= 0.6 is 10.5 Å². The molecule has 0 aromatic carbocycles. The van der Waals surface area contributed by atoms with Crippen LogP contribution in [0.4, 0.5) is 5.82 Å². The Morgan fingerprint density at radius 3 is 2.94 bits per heavy atom. The molecule has 2 atom stereocenters. The average Bonchev–Trinajstić information content (AvgIpc) is 2.60. The van der Waals surface area contributed by atoms with Gasteiger partial charge in [-0.25, -0.2) is 8.77 Å². The van der Waals surface area contributed by atoms with Crippen LogP contribution in [-0.2, 0) is 4.79 Å². The van der Waals surface area contributed by atoms with E-state index in [4.69, 9.17) is 10.8 Å². The minimum atomic E-state index is -2.68. The van der Waals surface area contributed by atoms with Crippen molar-refractivity contribution in [3.05, 3.63) is 22.7 Å². The first-order valence-corrected chi connectivity index (χ1v) is 6.84. The molecule has 0 spiro atoms. The van der Waals surface area contributed by atoms with Gasteiger partial charge in [0.15, 0.2) is 0 Å². The number of carbonyl (C=O) groups is 1. The lowest BCUT2D eigenvalue weighted by Gasteiger charge is -2.34. The summed E-state index contributed by atoms with van der Waals surface area (Å²) in [5.41, 5.74) is 4.65. The van der Waals surface area contributed by atoms with Gasteiger partial charge in [-0.3, -0.25) is 4.79 Å². The Morgan fingerprint density at radius 2 is 2.35 bits per heavy atom. The molecule has 2 heterocycles. The van der Waals surface area contributed by atoms with Gasteiger partial charge in [-0.2, -0.15) is 4.98 Å². The second-order valence-electron chi connectivity index (χ2n) is 3.85. The third-order valence-corrected chi connectivity index (χ3v) is 5.97. The Kier molecular flexibility index (Phi) is 2.84. The van der Waals surface area contributed by atoms with Gasteiger partial charge in [-0.1, -0.05) is 0 Å². The van der Waals surface area contributed by atoms with Crippen molar-refractivity contribution >= 4 is 22.3 Å². The lowest BCUT2D eigenvalue weighted by atomic mass is 10.3. The van der Waals surface area contributed by atoms with Gasteiger partial charge in [-0.05, 0) is 29.4 Å². The fraction of sp³-hybridized carbons (Fsp3) is 0.444. The molecule has 1 aromatic heterocycles. The molecule has 2 rings (SSSR count). The Balaban J connectivity index is 2.51. The van der Waals surface area contributed by atoms with Crippen molar-refractivity contribution in [3.8, 4) is 0 Å². The highest BCUT2D eigenvalue weighted by Gasteiger charge is 2.43. The summed E-state index contributed by atoms with van der Waals surface area (Å²) in [6.07, 6.45) is 2.28. The first-order chi connectivity index (χ1) is 7.95. The van der Waals surface area contributed by atoms with E-state index in [-0.39, 0.29) is 5.82 Å². The Hall–Kier alpha value is -1.54. The van der Waals surface area contributed by atoms with Crippen LogP contribution < -0.4 is 11.4 Å². The maximum atomic E-state index is 11.6. The van der Waals surface area contributed by atoms with Crippen LogP contribution in [0.3, 0.4) is 0 Å². The molecule has 8 heteroatoms. The minimum absolute atomic E-state index is 0.0547. The van der Waals surface area contributed by atoms with Gasteiger partial charge in [0, 0.05) is 11.9 Å². The van der Waals surface area contributed by atoms with Gasteiger partial charge >= 0.3 is 11.7 Å². The number of hydrogen-bond donors (Lipinski definition) is 3. The molecule has 1 saturated heterocycles. The van der Waals surface area contributed by atoms with Gasteiger partial charge in [0.1, 0.15) is 11.1 Å². The van der Waals surface area contributed by atoms with Crippen LogP contribution in [0.5, 0.6) is 0 Å². The van der Waals surface area contributed by atoms with E-state index in [1.807, 2.05) is 0 Å². The van der Waals surface area contributed by atoms with Crippen molar-refractivity contribution in [1.82, 2.24) is 8.96 Å². The van der Waals surface area contributed by atoms with Gasteiger partial charge in [0.25, 0.3) is 0 Å². The fourth-order valence-corrected chi connectivity index (χ4v) is 4.77. The number of nitrogen functional groups attached to an aromatic ring is 1. The van der Waals surface area contributed by atoms with Crippen molar-refractivity contribution in [3.63, 3.8) is 0 Å². The summed E-state index contributed by atoms with van der Waals surface area (Å²) in [5, 5.41) is 8.14. The molecule has 0 aliphatic carbocycles. The minimum Gasteiger partial charge on any atom is -0.480 e. The van der Waals surface area contributed by atoms with Crippen LogP contribution in [0.15, 0.2) is 17.1 Å². The average molecular weight is 259 g/mol. The highest BCUT2D eigenvalue weighted by Crippen LogP contribution is 2.55. The van der Waals surface area contributed by atoms with Gasteiger partial charge in [-0.15, -0.1) is 0 Å². The SMILES string of the molecule is Nc1ccn(S2(O)CCCC2C(=O)O)c(=O)n1. The van der Waals surface area contributed by atoms with E-state index in [0.29, 0.717) is 18.6 Å². The number of carboxylic acids is 1. The van der Waals surface area contributed by atoms with Crippen molar-refractivity contribution in [2.75, 3.05) is 11.5 Å². The quantitative estimate of drug-likeness (QED) is 0.693. The van der Waals surface area contributed by atoms with Crippen molar-refractivity contribution in [1.29, 1.82) is 0 Å². The molecule has 0 amide bonds. The molecule has 4 N–H and O–H groups in total. The van der Waals surface area contributed by atoms with E-state index < -0.39 is 27.4 Å². The summed E-state index contributed by atoms with van der Waals surface area (Å²) in [7, 11) is -2.68. The summed E-state index contributed by atoms with van der Waals surface area (Å²) in [5.74, 6) is -0.724. The van der Waals surface area contributed by atoms with Crippen molar-refractivity contribution in [2.45, 2.75) is 18.1 Å². The molecule has 0 bridgehead atoms. The molecule has 94 valence electrons. The molecule has 1 aliphatic rings. The highest BCUT2D eigenvalue weighted by molar-refractivity contribution is 8.29. The standard InChI is InChI=1S/C9H13N3O4S/c10-7-3-4-12(9(15)11-7)17(16)5-1-2-6(17)8(13)14/h3-4,6,16H,1-2,5H2,(H,13,14)(H2,10,11,15). The van der Waals surface area contributed by atoms with E-state index >= 15 is 0 Å². The number of hydrogen-bond acceptors (Lipinski definition) is 5. The zero-order valence-corrected chi connectivity index (χ0v) is 9.76. The van der Waals surface area contributed by atoms with Crippen molar-refractivity contribution in [2.24, 2.45) is 0 Å². The second kappa shape index (κ2) is 4.04. The molecule has 7 nitrogen and oxygen atoms in total. The monoisotopic (exact) mass is 259 g/mol. The van der Waals surface area contributed by atoms with Crippen LogP contribution in [0.25, 0.3) is 0 Å². The maximum Gasteiger partial charge on any atom is 0.359 e. The first kappa shape index (κ1) is 11.9. The zero-order valence-electron chi connectivity index (χ0n) is 8.94. The molecular formula is C9H13N3O4S. The molecule has 0 saturated carbocycles.